The minimum Gasteiger partial charge on any atom is -0.481 e. The van der Waals surface area contributed by atoms with Crippen LogP contribution in [0.2, 0.25) is 0 Å². The number of benzene rings is 2. The fourth-order valence-corrected chi connectivity index (χ4v) is 2.86. The third-order valence-electron chi connectivity index (χ3n) is 4.23. The van der Waals surface area contributed by atoms with Crippen LogP contribution in [0.25, 0.3) is 11.0 Å². The van der Waals surface area contributed by atoms with E-state index in [2.05, 4.69) is 0 Å². The Morgan fingerprint density at radius 3 is 2.38 bits per heavy atom. The van der Waals surface area contributed by atoms with Crippen LogP contribution >= 0.6 is 0 Å². The highest BCUT2D eigenvalue weighted by Gasteiger charge is 2.26. The van der Waals surface area contributed by atoms with Gasteiger partial charge in [-0.3, -0.25) is 9.59 Å². The summed E-state index contributed by atoms with van der Waals surface area (Å²) in [6.45, 7) is 1.83. The SMILES string of the molecule is CCC(Cc1c(C(=O)c2ccccc2)oc2ccccc12)C(=O)O. The second kappa shape index (κ2) is 6.71. The molecule has 24 heavy (non-hydrogen) atoms. The number of fused-ring (bicyclic) bond motifs is 1. The van der Waals surface area contributed by atoms with Crippen molar-refractivity contribution in [1.82, 2.24) is 0 Å². The van der Waals surface area contributed by atoms with Gasteiger partial charge in [-0.1, -0.05) is 55.5 Å². The van der Waals surface area contributed by atoms with Crippen molar-refractivity contribution in [3.8, 4) is 0 Å². The lowest BCUT2D eigenvalue weighted by Gasteiger charge is -2.10. The lowest BCUT2D eigenvalue weighted by atomic mass is 9.93. The second-order valence-electron chi connectivity index (χ2n) is 5.75. The first-order valence-electron chi connectivity index (χ1n) is 7.94. The Morgan fingerprint density at radius 1 is 1.04 bits per heavy atom. The van der Waals surface area contributed by atoms with Crippen molar-refractivity contribution in [2.24, 2.45) is 5.92 Å². The topological polar surface area (TPSA) is 67.5 Å². The number of carboxylic acid groups (broad SMARTS) is 1. The van der Waals surface area contributed by atoms with Gasteiger partial charge < -0.3 is 9.52 Å². The van der Waals surface area contributed by atoms with Gasteiger partial charge in [0.15, 0.2) is 5.76 Å². The third kappa shape index (κ3) is 2.95. The first-order valence-corrected chi connectivity index (χ1v) is 7.94. The van der Waals surface area contributed by atoms with Crippen LogP contribution in [-0.4, -0.2) is 16.9 Å². The standard InChI is InChI=1S/C20H18O4/c1-2-13(20(22)23)12-16-15-10-6-7-11-17(15)24-19(16)18(21)14-8-4-3-5-9-14/h3-11,13H,2,12H2,1H3,(H,22,23). The van der Waals surface area contributed by atoms with Crippen LogP contribution in [0.4, 0.5) is 0 Å². The lowest BCUT2D eigenvalue weighted by Crippen LogP contribution is -2.16. The molecule has 0 fully saturated rings. The quantitative estimate of drug-likeness (QED) is 0.686. The Labute approximate surface area is 139 Å². The van der Waals surface area contributed by atoms with Crippen molar-refractivity contribution in [3.63, 3.8) is 0 Å². The van der Waals surface area contributed by atoms with Gasteiger partial charge in [-0.15, -0.1) is 0 Å². The maximum Gasteiger partial charge on any atom is 0.306 e. The van der Waals surface area contributed by atoms with Gasteiger partial charge in [-0.2, -0.15) is 0 Å². The summed E-state index contributed by atoms with van der Waals surface area (Å²) in [6.07, 6.45) is 0.768. The maximum absolute atomic E-state index is 12.8. The summed E-state index contributed by atoms with van der Waals surface area (Å²) in [4.78, 5) is 24.3. The maximum atomic E-state index is 12.8. The molecule has 3 rings (SSSR count). The van der Waals surface area contributed by atoms with Crippen LogP contribution in [0.15, 0.2) is 59.0 Å². The molecule has 0 saturated carbocycles. The van der Waals surface area contributed by atoms with E-state index < -0.39 is 11.9 Å². The molecule has 1 unspecified atom stereocenters. The zero-order chi connectivity index (χ0) is 17.1. The molecule has 1 atom stereocenters. The summed E-state index contributed by atoms with van der Waals surface area (Å²) < 4.78 is 5.80. The Hall–Kier alpha value is -2.88. The monoisotopic (exact) mass is 322 g/mol. The van der Waals surface area contributed by atoms with Gasteiger partial charge in [0.05, 0.1) is 5.92 Å². The number of aliphatic carboxylic acids is 1. The number of furan rings is 1. The van der Waals surface area contributed by atoms with Crippen LogP contribution in [0.3, 0.4) is 0 Å². The van der Waals surface area contributed by atoms with E-state index in [1.165, 1.54) is 0 Å². The Bertz CT molecular complexity index is 877. The smallest absolute Gasteiger partial charge is 0.306 e. The summed E-state index contributed by atoms with van der Waals surface area (Å²) in [6, 6.07) is 16.2. The van der Waals surface area contributed by atoms with E-state index in [4.69, 9.17) is 4.42 Å². The Morgan fingerprint density at radius 2 is 1.71 bits per heavy atom. The summed E-state index contributed by atoms with van der Waals surface area (Å²) >= 11 is 0. The minimum atomic E-state index is -0.860. The normalized spacial score (nSPS) is 12.2. The van der Waals surface area contributed by atoms with Crippen molar-refractivity contribution < 1.29 is 19.1 Å². The largest absolute Gasteiger partial charge is 0.481 e. The van der Waals surface area contributed by atoms with E-state index in [0.717, 1.165) is 5.39 Å². The van der Waals surface area contributed by atoms with E-state index >= 15 is 0 Å². The molecule has 0 saturated heterocycles. The molecule has 1 N–H and O–H groups in total. The average Bonchev–Trinajstić information content (AvgIpc) is 2.98. The predicted molar refractivity (Wildman–Crippen MR) is 91.2 cm³/mol. The van der Waals surface area contributed by atoms with Crippen molar-refractivity contribution in [2.75, 3.05) is 0 Å². The molecule has 0 aliphatic heterocycles. The molecule has 3 aromatic rings. The van der Waals surface area contributed by atoms with E-state index in [-0.39, 0.29) is 18.0 Å². The highest BCUT2D eigenvalue weighted by atomic mass is 16.4. The van der Waals surface area contributed by atoms with E-state index in [0.29, 0.717) is 23.1 Å². The first kappa shape index (κ1) is 16.0. The van der Waals surface area contributed by atoms with E-state index in [9.17, 15) is 14.7 Å². The molecule has 0 spiro atoms. The molecule has 1 heterocycles. The molecule has 0 bridgehead atoms. The number of carboxylic acids is 1. The average molecular weight is 322 g/mol. The van der Waals surface area contributed by atoms with Gasteiger partial charge in [0.25, 0.3) is 0 Å². The number of hydrogen-bond acceptors (Lipinski definition) is 3. The number of carbonyl (C=O) groups is 2. The summed E-state index contributed by atoms with van der Waals surface area (Å²) in [5.74, 6) is -1.39. The fourth-order valence-electron chi connectivity index (χ4n) is 2.86. The molecule has 0 aliphatic rings. The summed E-state index contributed by atoms with van der Waals surface area (Å²) in [5, 5.41) is 10.2. The van der Waals surface area contributed by atoms with Gasteiger partial charge in [-0.25, -0.2) is 0 Å². The van der Waals surface area contributed by atoms with Gasteiger partial charge in [0, 0.05) is 16.5 Å². The highest BCUT2D eigenvalue weighted by molar-refractivity contribution is 6.10. The Kier molecular flexibility index (Phi) is 4.47. The Balaban J connectivity index is 2.11. The lowest BCUT2D eigenvalue weighted by molar-refractivity contribution is -0.141. The third-order valence-corrected chi connectivity index (χ3v) is 4.23. The number of carbonyl (C=O) groups excluding carboxylic acids is 1. The highest BCUT2D eigenvalue weighted by Crippen LogP contribution is 2.30. The summed E-state index contributed by atoms with van der Waals surface area (Å²) in [5.41, 5.74) is 1.81. The molecular weight excluding hydrogens is 304 g/mol. The summed E-state index contributed by atoms with van der Waals surface area (Å²) in [7, 11) is 0. The predicted octanol–water partition coefficient (Wildman–Crippen LogP) is 4.32. The molecule has 0 radical (unpaired) electrons. The molecule has 0 aliphatic carbocycles. The molecular formula is C20H18O4. The van der Waals surface area contributed by atoms with Gasteiger partial charge in [-0.05, 0) is 18.9 Å². The zero-order valence-corrected chi connectivity index (χ0v) is 13.4. The van der Waals surface area contributed by atoms with Crippen molar-refractivity contribution >= 4 is 22.7 Å². The second-order valence-corrected chi connectivity index (χ2v) is 5.75. The first-order chi connectivity index (χ1) is 11.6. The van der Waals surface area contributed by atoms with Crippen LogP contribution in [0.1, 0.15) is 35.0 Å². The van der Waals surface area contributed by atoms with Crippen LogP contribution in [-0.2, 0) is 11.2 Å². The number of hydrogen-bond donors (Lipinski definition) is 1. The zero-order valence-electron chi connectivity index (χ0n) is 13.4. The molecule has 4 nitrogen and oxygen atoms in total. The van der Waals surface area contributed by atoms with Crippen molar-refractivity contribution in [1.29, 1.82) is 0 Å². The van der Waals surface area contributed by atoms with Gasteiger partial charge in [0.1, 0.15) is 5.58 Å². The van der Waals surface area contributed by atoms with E-state index in [1.807, 2.05) is 31.2 Å². The minimum absolute atomic E-state index is 0.220. The van der Waals surface area contributed by atoms with E-state index in [1.54, 1.807) is 30.3 Å². The van der Waals surface area contributed by atoms with Crippen molar-refractivity contribution in [2.45, 2.75) is 19.8 Å². The molecule has 1 aromatic heterocycles. The fraction of sp³-hybridized carbons (Fsp3) is 0.200. The van der Waals surface area contributed by atoms with Gasteiger partial charge >= 0.3 is 5.97 Å². The molecule has 122 valence electrons. The number of rotatable bonds is 6. The van der Waals surface area contributed by atoms with Gasteiger partial charge in [0.2, 0.25) is 5.78 Å². The number of ketones is 1. The molecule has 2 aromatic carbocycles. The van der Waals surface area contributed by atoms with Crippen LogP contribution < -0.4 is 0 Å². The molecule has 4 heteroatoms. The van der Waals surface area contributed by atoms with Crippen LogP contribution in [0.5, 0.6) is 0 Å². The molecule has 0 amide bonds. The number of para-hydroxylation sites is 1. The van der Waals surface area contributed by atoms with Crippen molar-refractivity contribution in [3.05, 3.63) is 71.5 Å². The van der Waals surface area contributed by atoms with Crippen LogP contribution in [0, 0.1) is 5.92 Å².